The molecule has 28 heavy (non-hydrogen) atoms. The Bertz CT molecular complexity index is 931. The van der Waals surface area contributed by atoms with E-state index in [1.165, 1.54) is 37.1 Å². The average Bonchev–Trinajstić information content (AvgIpc) is 2.68. The number of rotatable bonds is 3. The minimum Gasteiger partial charge on any atom is -0.206 e. The molecule has 0 heterocycles. The van der Waals surface area contributed by atoms with Gasteiger partial charge in [0.25, 0.3) is 0 Å². The fraction of sp³-hybridized carbons (Fsp3) is 0.375. The van der Waals surface area contributed by atoms with Gasteiger partial charge < -0.3 is 0 Å². The summed E-state index contributed by atoms with van der Waals surface area (Å²) in [6.45, 7) is 2.18. The Labute approximate surface area is 164 Å². The maximum Gasteiger partial charge on any atom is 0.142 e. The molecule has 1 saturated carbocycles. The molecule has 0 aromatic heterocycles. The number of nitrogens with zero attached hydrogens (tertiary/aromatic N) is 1. The molecular formula is C24H22F3N. The fourth-order valence-electron chi connectivity index (χ4n) is 3.96. The third-order valence-corrected chi connectivity index (χ3v) is 5.50. The van der Waals surface area contributed by atoms with Crippen LogP contribution in [0.1, 0.15) is 73.6 Å². The third kappa shape index (κ3) is 4.57. The van der Waals surface area contributed by atoms with E-state index in [4.69, 9.17) is 5.26 Å². The summed E-state index contributed by atoms with van der Waals surface area (Å²) >= 11 is 0. The van der Waals surface area contributed by atoms with Crippen LogP contribution in [-0.2, 0) is 0 Å². The Kier molecular flexibility index (Phi) is 6.42. The summed E-state index contributed by atoms with van der Waals surface area (Å²) in [5.74, 6) is 3.88. The van der Waals surface area contributed by atoms with Crippen molar-refractivity contribution in [1.29, 1.82) is 5.26 Å². The zero-order chi connectivity index (χ0) is 20.1. The predicted octanol–water partition coefficient (Wildman–Crippen LogP) is 6.45. The van der Waals surface area contributed by atoms with Gasteiger partial charge in [-0.25, -0.2) is 13.2 Å². The van der Waals surface area contributed by atoms with Gasteiger partial charge in [-0.1, -0.05) is 31.6 Å². The average molecular weight is 381 g/mol. The van der Waals surface area contributed by atoms with E-state index < -0.39 is 17.5 Å². The fourth-order valence-corrected chi connectivity index (χ4v) is 3.96. The van der Waals surface area contributed by atoms with Crippen LogP contribution in [0.3, 0.4) is 0 Å². The van der Waals surface area contributed by atoms with Crippen LogP contribution >= 0.6 is 0 Å². The molecule has 0 aliphatic heterocycles. The van der Waals surface area contributed by atoms with Crippen LogP contribution in [0.5, 0.6) is 0 Å². The molecule has 2 aromatic rings. The van der Waals surface area contributed by atoms with Crippen molar-refractivity contribution in [3.05, 3.63) is 70.0 Å². The van der Waals surface area contributed by atoms with Crippen molar-refractivity contribution in [1.82, 2.24) is 0 Å². The van der Waals surface area contributed by atoms with Gasteiger partial charge in [0.1, 0.15) is 23.5 Å². The first-order valence-corrected chi connectivity index (χ1v) is 9.72. The third-order valence-electron chi connectivity index (χ3n) is 5.50. The maximum atomic E-state index is 14.5. The lowest BCUT2D eigenvalue weighted by Gasteiger charge is -2.28. The van der Waals surface area contributed by atoms with Gasteiger partial charge in [0, 0.05) is 5.56 Å². The summed E-state index contributed by atoms with van der Waals surface area (Å²) in [7, 11) is 0. The lowest BCUT2D eigenvalue weighted by Crippen LogP contribution is -2.13. The highest BCUT2D eigenvalue weighted by molar-refractivity contribution is 5.47. The lowest BCUT2D eigenvalue weighted by molar-refractivity contribution is 0.307. The molecule has 3 rings (SSSR count). The first-order valence-electron chi connectivity index (χ1n) is 9.72. The minimum absolute atomic E-state index is 0.0964. The molecule has 0 atom stereocenters. The topological polar surface area (TPSA) is 23.8 Å². The summed E-state index contributed by atoms with van der Waals surface area (Å²) in [6, 6.07) is 8.33. The molecule has 0 N–H and O–H groups in total. The molecule has 0 amide bonds. The van der Waals surface area contributed by atoms with Gasteiger partial charge in [0.2, 0.25) is 0 Å². The Morgan fingerprint density at radius 1 is 0.929 bits per heavy atom. The molecule has 1 aliphatic carbocycles. The highest BCUT2D eigenvalue weighted by atomic mass is 19.1. The number of hydrogen-bond donors (Lipinski definition) is 0. The first kappa shape index (κ1) is 20.0. The van der Waals surface area contributed by atoms with E-state index in [0.717, 1.165) is 37.7 Å². The summed E-state index contributed by atoms with van der Waals surface area (Å²) in [5.41, 5.74) is 0.544. The lowest BCUT2D eigenvalue weighted by atomic mass is 9.77. The monoisotopic (exact) mass is 381 g/mol. The van der Waals surface area contributed by atoms with E-state index in [1.807, 2.05) is 0 Å². The van der Waals surface area contributed by atoms with Gasteiger partial charge in [-0.05, 0) is 73.4 Å². The van der Waals surface area contributed by atoms with Crippen molar-refractivity contribution in [3.63, 3.8) is 0 Å². The van der Waals surface area contributed by atoms with Gasteiger partial charge in [-0.15, -0.1) is 0 Å². The van der Waals surface area contributed by atoms with Crippen molar-refractivity contribution in [2.24, 2.45) is 5.92 Å². The van der Waals surface area contributed by atoms with Crippen LogP contribution in [-0.4, -0.2) is 0 Å². The number of benzene rings is 2. The van der Waals surface area contributed by atoms with E-state index >= 15 is 0 Å². The molecule has 0 spiro atoms. The van der Waals surface area contributed by atoms with Gasteiger partial charge >= 0.3 is 0 Å². The molecular weight excluding hydrogens is 359 g/mol. The van der Waals surface area contributed by atoms with E-state index in [9.17, 15) is 13.2 Å². The van der Waals surface area contributed by atoms with Gasteiger partial charge in [0.05, 0.1) is 11.1 Å². The second-order valence-corrected chi connectivity index (χ2v) is 7.42. The van der Waals surface area contributed by atoms with Crippen LogP contribution in [0.15, 0.2) is 30.3 Å². The van der Waals surface area contributed by atoms with Crippen LogP contribution in [0, 0.1) is 46.5 Å². The minimum atomic E-state index is -0.704. The highest BCUT2D eigenvalue weighted by Crippen LogP contribution is 2.38. The number of nitriles is 1. The molecule has 2 aromatic carbocycles. The molecule has 0 saturated heterocycles. The molecule has 144 valence electrons. The van der Waals surface area contributed by atoms with Gasteiger partial charge in [0.15, 0.2) is 0 Å². The maximum absolute atomic E-state index is 14.5. The van der Waals surface area contributed by atoms with Gasteiger partial charge in [-0.3, -0.25) is 0 Å². The van der Waals surface area contributed by atoms with Crippen molar-refractivity contribution < 1.29 is 13.2 Å². The Balaban J connectivity index is 1.78. The Hall–Kier alpha value is -2.72. The van der Waals surface area contributed by atoms with Crippen LogP contribution < -0.4 is 0 Å². The summed E-state index contributed by atoms with van der Waals surface area (Å²) in [6.07, 6.45) is 6.52. The Morgan fingerprint density at radius 2 is 1.61 bits per heavy atom. The van der Waals surface area contributed by atoms with Crippen molar-refractivity contribution in [3.8, 4) is 17.9 Å². The number of halogens is 3. The summed E-state index contributed by atoms with van der Waals surface area (Å²) < 4.78 is 42.6. The SMILES string of the molecule is CCC[C@H]1CC[C@H](c2cc(F)c(C#Cc3ccc(C#N)c(F)c3)c(F)c2)CC1. The summed E-state index contributed by atoms with van der Waals surface area (Å²) in [4.78, 5) is 0. The molecule has 0 unspecified atom stereocenters. The van der Waals surface area contributed by atoms with Crippen LogP contribution in [0.25, 0.3) is 0 Å². The quantitative estimate of drug-likeness (QED) is 0.561. The standard InChI is InChI=1S/C24H22F3N/c1-2-3-16-4-8-18(9-5-16)20-13-23(26)21(24(27)14-20)11-7-17-6-10-19(15-28)22(25)12-17/h6,10,12-14,16,18H,2-5,8-9H2,1H3/t16-,18-. The zero-order valence-corrected chi connectivity index (χ0v) is 15.9. The largest absolute Gasteiger partial charge is 0.206 e. The second-order valence-electron chi connectivity index (χ2n) is 7.42. The normalized spacial score (nSPS) is 18.8. The van der Waals surface area contributed by atoms with E-state index in [-0.39, 0.29) is 22.6 Å². The highest BCUT2D eigenvalue weighted by Gasteiger charge is 2.23. The first-order chi connectivity index (χ1) is 13.5. The van der Waals surface area contributed by atoms with Crippen molar-refractivity contribution in [2.45, 2.75) is 51.4 Å². The molecule has 1 nitrogen and oxygen atoms in total. The predicted molar refractivity (Wildman–Crippen MR) is 103 cm³/mol. The van der Waals surface area contributed by atoms with Crippen LogP contribution in [0.4, 0.5) is 13.2 Å². The smallest absolute Gasteiger partial charge is 0.142 e. The van der Waals surface area contributed by atoms with Crippen molar-refractivity contribution in [2.75, 3.05) is 0 Å². The molecule has 1 fully saturated rings. The number of hydrogen-bond acceptors (Lipinski definition) is 1. The molecule has 0 radical (unpaired) electrons. The second kappa shape index (κ2) is 8.98. The van der Waals surface area contributed by atoms with E-state index in [2.05, 4.69) is 18.8 Å². The Morgan fingerprint density at radius 3 is 2.18 bits per heavy atom. The zero-order valence-electron chi connectivity index (χ0n) is 15.9. The summed E-state index contributed by atoms with van der Waals surface area (Å²) in [5, 5.41) is 8.74. The van der Waals surface area contributed by atoms with E-state index in [1.54, 1.807) is 6.07 Å². The molecule has 0 bridgehead atoms. The van der Waals surface area contributed by atoms with Crippen molar-refractivity contribution >= 4 is 0 Å². The van der Waals surface area contributed by atoms with Crippen LogP contribution in [0.2, 0.25) is 0 Å². The molecule has 4 heteroatoms. The molecule has 1 aliphatic rings. The van der Waals surface area contributed by atoms with E-state index in [0.29, 0.717) is 5.56 Å². The van der Waals surface area contributed by atoms with Gasteiger partial charge in [-0.2, -0.15) is 5.26 Å².